The maximum Gasteiger partial charge on any atom is 0.313 e. The zero-order valence-corrected chi connectivity index (χ0v) is 43.2. The fourth-order valence-electron chi connectivity index (χ4n) is 8.54. The maximum atomic E-state index is 13.6. The highest BCUT2D eigenvalue weighted by molar-refractivity contribution is 7.99. The lowest BCUT2D eigenvalue weighted by atomic mass is 10.1. The lowest BCUT2D eigenvalue weighted by Crippen LogP contribution is -2.45. The van der Waals surface area contributed by atoms with Crippen molar-refractivity contribution in [1.29, 1.82) is 0 Å². The summed E-state index contributed by atoms with van der Waals surface area (Å²) in [6.45, 7) is -3.45. The minimum atomic E-state index is -6.54. The van der Waals surface area contributed by atoms with Crippen molar-refractivity contribution in [2.45, 2.75) is 72.8 Å². The number of aromatic nitrogens is 12. The van der Waals surface area contributed by atoms with Crippen LogP contribution in [-0.2, 0) is 71.0 Å². The second kappa shape index (κ2) is 21.1. The number of nitrogens with two attached hydrogens (primary N) is 3. The summed E-state index contributed by atoms with van der Waals surface area (Å²) >= 11 is 0.989. The Labute approximate surface area is 426 Å². The van der Waals surface area contributed by atoms with Crippen LogP contribution in [-0.4, -0.2) is 156 Å². The van der Waals surface area contributed by atoms with Crippen LogP contribution >= 0.6 is 43.1 Å². The number of anilines is 3. The van der Waals surface area contributed by atoms with Crippen LogP contribution < -0.4 is 52.5 Å². The van der Waals surface area contributed by atoms with Crippen molar-refractivity contribution in [3.05, 3.63) is 46.0 Å². The number of nitrogens with zero attached hydrogens (tertiary/aromatic N) is 10. The van der Waals surface area contributed by atoms with Crippen molar-refractivity contribution in [2.24, 2.45) is 7.05 Å². The Balaban J connectivity index is 0.866. The lowest BCUT2D eigenvalue weighted by molar-refractivity contribution is -0.745. The van der Waals surface area contributed by atoms with Gasteiger partial charge >= 0.3 is 5.65 Å². The van der Waals surface area contributed by atoms with E-state index in [2.05, 4.69) is 48.5 Å². The van der Waals surface area contributed by atoms with Crippen molar-refractivity contribution in [1.82, 2.24) is 53.6 Å². The van der Waals surface area contributed by atoms with E-state index >= 15 is 0 Å². The van der Waals surface area contributed by atoms with Crippen molar-refractivity contribution in [3.8, 4) is 0 Å². The number of methoxy groups -OCH3 is 1. The first-order valence-corrected chi connectivity index (χ1v) is 28.6. The van der Waals surface area contributed by atoms with Gasteiger partial charge in [0.1, 0.15) is 60.7 Å². The summed E-state index contributed by atoms with van der Waals surface area (Å²) in [6.07, 6.45) is -11.9. The molecule has 3 fully saturated rings. The normalized spacial score (nSPS) is 30.2. The van der Waals surface area contributed by atoms with Gasteiger partial charge in [0.15, 0.2) is 41.4 Å². The molecule has 38 nitrogen and oxygen atoms in total. The number of imidazole rings is 3. The van der Waals surface area contributed by atoms with Gasteiger partial charge in [0.2, 0.25) is 17.7 Å². The van der Waals surface area contributed by atoms with Gasteiger partial charge in [-0.15, -0.1) is 0 Å². The number of hydrogen-bond donors (Lipinski definition) is 8. The van der Waals surface area contributed by atoms with Gasteiger partial charge in [-0.25, -0.2) is 33.1 Å². The van der Waals surface area contributed by atoms with Crippen LogP contribution in [0.4, 0.5) is 17.7 Å². The number of aliphatic hydroxyl groups is 3. The number of ether oxygens (including phenoxy) is 4. The molecule has 9 heterocycles. The van der Waals surface area contributed by atoms with E-state index in [9.17, 15) is 62.7 Å². The van der Waals surface area contributed by atoms with Gasteiger partial charge in [-0.3, -0.25) is 51.5 Å². The SMILES string of the molecule is CO[C@H]1C(OP(=O)([O-])OC[C@H]2O[C@@H](n3cnc4c(=O)[nH]c(N)nc43)C(O)[C@H]2O)[C@@H](COP(=O)([O-])OP(=O)([O-])OP(=O)([O-])OC[C@H]2O[C@@H]([n+]3cn(C)c4c(=O)[nH]c(N)nc43)[C@@H](O)C2SC)O[C@H]1n1cnc2c(N)ncnc21. The van der Waals surface area contributed by atoms with Gasteiger partial charge in [0.05, 0.1) is 44.8 Å². The van der Waals surface area contributed by atoms with E-state index in [-0.39, 0.29) is 51.2 Å². The molecular formula is C33H42N15O23P4S-3. The van der Waals surface area contributed by atoms with Crippen LogP contribution in [0.25, 0.3) is 33.5 Å². The standard InChI is InChI=1S/C33H45N15O23P4S/c1-45-10-48(26-16(45)28(53)44-33(36)42-26)30-19(51)22(76-3)13(68-30)6-65-74(58,59)71-75(60,61)70-73(56,57)64-5-12-20(21(62-2)31(67-12)46-8-39-14-23(34)37-7-38-24(14)46)69-72(54,55)63-4-11-17(49)18(50)29(66-11)47-9-40-15-25(47)41-32(35)43-27(15)52/h7-13,17-22,29-31,49-51H,4-6H2,1-3H3,(H11-,34,35,36,37,38,41,42,43,44,52,53,54,55,56,57,58,59,60,61)/p-3/t11-,12-,13-,17+,18?,19+,20?,21+,22?,29-,30-,31-/m1/s1. The third-order valence-electron chi connectivity index (χ3n) is 11.8. The molecule has 3 aliphatic heterocycles. The van der Waals surface area contributed by atoms with Gasteiger partial charge < -0.3 is 89.1 Å². The monoisotopic (exact) mass is 1170 g/mol. The Morgan fingerprint density at radius 2 is 1.32 bits per heavy atom. The maximum absolute atomic E-state index is 13.6. The van der Waals surface area contributed by atoms with E-state index < -0.39 is 135 Å². The largest absolute Gasteiger partial charge is 0.756 e. The smallest absolute Gasteiger partial charge is 0.313 e. The molecular weight excluding hydrogens is 1130 g/mol. The number of nitrogen functional groups attached to an aromatic ring is 3. The molecule has 7 unspecified atom stereocenters. The van der Waals surface area contributed by atoms with Crippen molar-refractivity contribution >= 4 is 94.3 Å². The summed E-state index contributed by atoms with van der Waals surface area (Å²) in [7, 11) is -22.1. The van der Waals surface area contributed by atoms with Crippen molar-refractivity contribution < 1.29 is 103 Å². The van der Waals surface area contributed by atoms with E-state index in [1.165, 1.54) is 28.8 Å². The summed E-state index contributed by atoms with van der Waals surface area (Å²) in [6, 6.07) is 0. The number of rotatable bonds is 20. The molecule has 11 N–H and O–H groups in total. The van der Waals surface area contributed by atoms with E-state index in [0.29, 0.717) is 0 Å². The summed E-state index contributed by atoms with van der Waals surface area (Å²) in [5.41, 5.74) is 15.5. The quantitative estimate of drug-likeness (QED) is 0.0261. The first kappa shape index (κ1) is 56.0. The third kappa shape index (κ3) is 11.1. The second-order valence-corrected chi connectivity index (χ2v) is 23.5. The zero-order valence-electron chi connectivity index (χ0n) is 38.8. The number of fused-ring (bicyclic) bond motifs is 3. The van der Waals surface area contributed by atoms with Crippen LogP contribution in [0.5, 0.6) is 0 Å². The topological polar surface area (TPSA) is 553 Å². The molecule has 3 saturated heterocycles. The number of hydrogen-bond acceptors (Lipinski definition) is 33. The van der Waals surface area contributed by atoms with Crippen LogP contribution in [0.2, 0.25) is 0 Å². The molecule has 16 atom stereocenters. The molecule has 0 amide bonds. The molecule has 76 heavy (non-hydrogen) atoms. The van der Waals surface area contributed by atoms with Gasteiger partial charge in [-0.05, 0) is 6.26 Å². The average molecular weight is 1170 g/mol. The first-order chi connectivity index (χ1) is 35.7. The molecule has 0 aromatic carbocycles. The molecule has 416 valence electrons. The fourth-order valence-corrected chi connectivity index (χ4v) is 13.7. The third-order valence-corrected chi connectivity index (χ3v) is 18.0. The van der Waals surface area contributed by atoms with Crippen LogP contribution in [0.15, 0.2) is 34.9 Å². The zero-order chi connectivity index (χ0) is 55.0. The highest BCUT2D eigenvalue weighted by atomic mass is 32.2. The van der Waals surface area contributed by atoms with Gasteiger partial charge in [-0.1, -0.05) is 4.98 Å². The molecule has 6 aromatic rings. The highest BCUT2D eigenvalue weighted by Crippen LogP contribution is 2.63. The minimum absolute atomic E-state index is 0.0218. The van der Waals surface area contributed by atoms with E-state index in [0.717, 1.165) is 47.0 Å². The van der Waals surface area contributed by atoms with E-state index in [4.69, 9.17) is 54.2 Å². The number of aryl methyl sites for hydroxylation is 1. The van der Waals surface area contributed by atoms with Crippen LogP contribution in [0, 0.1) is 0 Å². The Morgan fingerprint density at radius 1 is 0.724 bits per heavy atom. The molecule has 9 rings (SSSR count). The average Bonchev–Trinajstić information content (AvgIpc) is 4.18. The predicted octanol–water partition coefficient (Wildman–Crippen LogP) is -5.87. The van der Waals surface area contributed by atoms with E-state index in [1.807, 2.05) is 0 Å². The Kier molecular flexibility index (Phi) is 15.6. The molecule has 0 aliphatic carbocycles. The van der Waals surface area contributed by atoms with Gasteiger partial charge in [0.25, 0.3) is 48.4 Å². The Morgan fingerprint density at radius 3 is 1.99 bits per heavy atom. The fraction of sp³-hybridized carbons (Fsp3) is 0.545. The number of aliphatic hydroxyl groups excluding tert-OH is 3. The first-order valence-electron chi connectivity index (χ1n) is 21.5. The van der Waals surface area contributed by atoms with Gasteiger partial charge in [0, 0.05) is 7.11 Å². The predicted molar refractivity (Wildman–Crippen MR) is 241 cm³/mol. The Hall–Kier alpha value is -4.76. The molecule has 0 radical (unpaired) electrons. The number of phosphoric ester groups is 3. The molecule has 6 aromatic heterocycles. The Bertz CT molecular complexity index is 3490. The number of H-pyrrole nitrogens is 2. The molecule has 0 saturated carbocycles. The lowest BCUT2D eigenvalue weighted by Gasteiger charge is -2.35. The van der Waals surface area contributed by atoms with E-state index in [1.54, 1.807) is 0 Å². The summed E-state index contributed by atoms with van der Waals surface area (Å²) < 4.78 is 108. The molecule has 3 aliphatic rings. The molecule has 0 bridgehead atoms. The summed E-state index contributed by atoms with van der Waals surface area (Å²) in [5, 5.41) is 31.9. The van der Waals surface area contributed by atoms with Crippen molar-refractivity contribution in [2.75, 3.05) is 50.4 Å². The van der Waals surface area contributed by atoms with Crippen LogP contribution in [0.1, 0.15) is 18.7 Å². The molecule has 43 heteroatoms. The van der Waals surface area contributed by atoms with Crippen LogP contribution in [0.3, 0.4) is 0 Å². The minimum Gasteiger partial charge on any atom is -0.756 e. The second-order valence-electron chi connectivity index (χ2n) is 16.6. The number of nitrogens with one attached hydrogen (secondary N) is 2. The highest BCUT2D eigenvalue weighted by Gasteiger charge is 2.51. The number of thioether (sulfide) groups is 1. The molecule has 0 spiro atoms. The number of aromatic amines is 2. The van der Waals surface area contributed by atoms with Gasteiger partial charge in [-0.2, -0.15) is 16.7 Å². The summed E-state index contributed by atoms with van der Waals surface area (Å²) in [4.78, 5) is 106. The number of phosphoric acid groups is 4. The van der Waals surface area contributed by atoms with Crippen molar-refractivity contribution in [3.63, 3.8) is 0 Å². The summed E-state index contributed by atoms with van der Waals surface area (Å²) in [5.74, 6) is -0.704.